The molecule has 5 heteroatoms. The molecule has 3 aromatic rings. The first kappa shape index (κ1) is 17.8. The number of hydrogen-bond acceptors (Lipinski definition) is 4. The Labute approximate surface area is 159 Å². The van der Waals surface area contributed by atoms with Gasteiger partial charge in [-0.2, -0.15) is 0 Å². The minimum atomic E-state index is -3.59. The van der Waals surface area contributed by atoms with Crippen molar-refractivity contribution < 1.29 is 13.3 Å². The van der Waals surface area contributed by atoms with Gasteiger partial charge in [0.2, 0.25) is 0 Å². The number of hydroxylamine groups is 1. The minimum absolute atomic E-state index is 0.321. The molecular weight excluding hydrogens is 358 g/mol. The second-order valence-corrected chi connectivity index (χ2v) is 8.76. The largest absolute Gasteiger partial charge is 0.268 e. The van der Waals surface area contributed by atoms with Crippen molar-refractivity contribution in [1.29, 1.82) is 0 Å². The third-order valence-electron chi connectivity index (χ3n) is 4.89. The third-order valence-corrected chi connectivity index (χ3v) is 7.18. The lowest BCUT2D eigenvalue weighted by Gasteiger charge is -2.27. The lowest BCUT2D eigenvalue weighted by atomic mass is 10.0. The Morgan fingerprint density at radius 1 is 0.778 bits per heavy atom. The van der Waals surface area contributed by atoms with E-state index in [1.54, 1.807) is 29.3 Å². The molecule has 4 rings (SSSR count). The first-order valence-electron chi connectivity index (χ1n) is 8.94. The molecule has 0 amide bonds. The van der Waals surface area contributed by atoms with Crippen LogP contribution in [-0.4, -0.2) is 19.8 Å². The van der Waals surface area contributed by atoms with Crippen LogP contribution in [0.3, 0.4) is 0 Å². The molecule has 0 spiro atoms. The predicted molar refractivity (Wildman–Crippen MR) is 106 cm³/mol. The topological polar surface area (TPSA) is 46.6 Å². The molecule has 0 N–H and O–H groups in total. The smallest absolute Gasteiger partial charge is 0.186 e. The van der Waals surface area contributed by atoms with Crippen molar-refractivity contribution in [3.8, 4) is 0 Å². The van der Waals surface area contributed by atoms with E-state index in [0.717, 1.165) is 11.3 Å². The second kappa shape index (κ2) is 7.18. The zero-order valence-corrected chi connectivity index (χ0v) is 15.8. The first-order valence-corrected chi connectivity index (χ1v) is 10.5. The highest BCUT2D eigenvalue weighted by atomic mass is 32.2. The van der Waals surface area contributed by atoms with E-state index in [4.69, 9.17) is 4.84 Å². The Bertz CT molecular complexity index is 992. The summed E-state index contributed by atoms with van der Waals surface area (Å²) in [5.74, 6) is 0. The molecule has 0 saturated carbocycles. The maximum absolute atomic E-state index is 13.5. The van der Waals surface area contributed by atoms with E-state index >= 15 is 0 Å². The molecule has 1 aliphatic rings. The van der Waals surface area contributed by atoms with Crippen LogP contribution in [-0.2, 0) is 14.7 Å². The molecule has 3 atom stereocenters. The first-order chi connectivity index (χ1) is 13.1. The number of nitrogens with zero attached hydrogens (tertiary/aromatic N) is 1. The number of hydrogen-bond donors (Lipinski definition) is 0. The molecule has 0 bridgehead atoms. The zero-order valence-electron chi connectivity index (χ0n) is 15.0. The lowest BCUT2D eigenvalue weighted by Crippen LogP contribution is -2.34. The summed E-state index contributed by atoms with van der Waals surface area (Å²) in [7, 11) is -3.59. The summed E-state index contributed by atoms with van der Waals surface area (Å²) in [5, 5.41) is 1.02. The standard InChI is InChI=1S/C22H21NO3S/c1-17-22(27(24,25)20-15-9-4-10-16-20)21(18-11-5-2-6-12-18)23(26-17)19-13-7-3-8-14-19/h2-17,21-22H,1H3/t17-,21+,22-/m0/s1. The van der Waals surface area contributed by atoms with Crippen molar-refractivity contribution >= 4 is 15.5 Å². The molecular formula is C22H21NO3S. The van der Waals surface area contributed by atoms with Crippen molar-refractivity contribution in [2.24, 2.45) is 0 Å². The third kappa shape index (κ3) is 3.24. The molecule has 0 aromatic heterocycles. The molecule has 1 fully saturated rings. The Kier molecular flexibility index (Phi) is 4.72. The number of para-hydroxylation sites is 1. The molecule has 1 heterocycles. The Balaban J connectivity index is 1.85. The highest BCUT2D eigenvalue weighted by Crippen LogP contribution is 2.43. The molecule has 3 aromatic carbocycles. The van der Waals surface area contributed by atoms with Gasteiger partial charge in [-0.3, -0.25) is 4.84 Å². The van der Waals surface area contributed by atoms with E-state index in [2.05, 4.69) is 0 Å². The van der Waals surface area contributed by atoms with E-state index in [-0.39, 0.29) is 0 Å². The maximum atomic E-state index is 13.5. The predicted octanol–water partition coefficient (Wildman–Crippen LogP) is 4.41. The normalized spacial score (nSPS) is 22.7. The zero-order chi connectivity index (χ0) is 18.9. The molecule has 0 radical (unpaired) electrons. The molecule has 138 valence electrons. The second-order valence-electron chi connectivity index (χ2n) is 6.65. The fraction of sp³-hybridized carbons (Fsp3) is 0.182. The van der Waals surface area contributed by atoms with Gasteiger partial charge in [0.05, 0.1) is 10.6 Å². The number of anilines is 1. The maximum Gasteiger partial charge on any atom is 0.186 e. The van der Waals surface area contributed by atoms with Gasteiger partial charge in [0.1, 0.15) is 17.4 Å². The Morgan fingerprint density at radius 3 is 1.89 bits per heavy atom. The van der Waals surface area contributed by atoms with Crippen LogP contribution in [0.2, 0.25) is 0 Å². The van der Waals surface area contributed by atoms with Crippen LogP contribution in [0, 0.1) is 0 Å². The number of benzene rings is 3. The monoisotopic (exact) mass is 379 g/mol. The van der Waals surface area contributed by atoms with Gasteiger partial charge in [-0.1, -0.05) is 66.7 Å². The average molecular weight is 379 g/mol. The number of sulfone groups is 1. The quantitative estimate of drug-likeness (QED) is 0.674. The van der Waals surface area contributed by atoms with Gasteiger partial charge in [0, 0.05) is 0 Å². The van der Waals surface area contributed by atoms with Gasteiger partial charge in [0.25, 0.3) is 0 Å². The fourth-order valence-corrected chi connectivity index (χ4v) is 5.67. The van der Waals surface area contributed by atoms with Gasteiger partial charge in [-0.15, -0.1) is 0 Å². The van der Waals surface area contributed by atoms with Gasteiger partial charge < -0.3 is 0 Å². The molecule has 27 heavy (non-hydrogen) atoms. The van der Waals surface area contributed by atoms with Crippen LogP contribution in [0.5, 0.6) is 0 Å². The van der Waals surface area contributed by atoms with Gasteiger partial charge >= 0.3 is 0 Å². The van der Waals surface area contributed by atoms with Gasteiger partial charge in [-0.25, -0.2) is 13.5 Å². The van der Waals surface area contributed by atoms with Crippen molar-refractivity contribution in [2.75, 3.05) is 5.06 Å². The van der Waals surface area contributed by atoms with Crippen molar-refractivity contribution in [1.82, 2.24) is 0 Å². The highest BCUT2D eigenvalue weighted by Gasteiger charge is 2.50. The SMILES string of the molecule is C[C@@H]1ON(c2ccccc2)[C@H](c2ccccc2)[C@H]1S(=O)(=O)c1ccccc1. The molecule has 4 nitrogen and oxygen atoms in total. The average Bonchev–Trinajstić information content (AvgIpc) is 3.08. The summed E-state index contributed by atoms with van der Waals surface area (Å²) in [6.45, 7) is 1.82. The van der Waals surface area contributed by atoms with Gasteiger partial charge in [-0.05, 0) is 36.8 Å². The molecule has 0 unspecified atom stereocenters. The van der Waals surface area contributed by atoms with E-state index in [1.165, 1.54) is 0 Å². The minimum Gasteiger partial charge on any atom is -0.268 e. The van der Waals surface area contributed by atoms with E-state index in [0.29, 0.717) is 4.90 Å². The molecule has 1 aliphatic heterocycles. The van der Waals surface area contributed by atoms with Gasteiger partial charge in [0.15, 0.2) is 9.84 Å². The summed E-state index contributed by atoms with van der Waals surface area (Å²) in [6.07, 6.45) is -0.486. The lowest BCUT2D eigenvalue weighted by molar-refractivity contribution is 0.0966. The highest BCUT2D eigenvalue weighted by molar-refractivity contribution is 7.92. The summed E-state index contributed by atoms with van der Waals surface area (Å²) >= 11 is 0. The van der Waals surface area contributed by atoms with E-state index in [1.807, 2.05) is 73.7 Å². The summed E-state index contributed by atoms with van der Waals surface area (Å²) < 4.78 is 27.0. The fourth-order valence-electron chi connectivity index (χ4n) is 3.66. The summed E-state index contributed by atoms with van der Waals surface area (Å²) in [4.78, 5) is 6.41. The summed E-state index contributed by atoms with van der Waals surface area (Å²) in [6, 6.07) is 27.5. The van der Waals surface area contributed by atoms with Crippen LogP contribution in [0.1, 0.15) is 18.5 Å². The van der Waals surface area contributed by atoms with Crippen LogP contribution in [0.15, 0.2) is 95.9 Å². The van der Waals surface area contributed by atoms with Crippen molar-refractivity contribution in [2.45, 2.75) is 29.2 Å². The Hall–Kier alpha value is -2.63. The van der Waals surface area contributed by atoms with Crippen LogP contribution >= 0.6 is 0 Å². The Morgan fingerprint density at radius 2 is 1.30 bits per heavy atom. The van der Waals surface area contributed by atoms with Crippen molar-refractivity contribution in [3.05, 3.63) is 96.6 Å². The molecule has 0 aliphatic carbocycles. The van der Waals surface area contributed by atoms with Crippen molar-refractivity contribution in [3.63, 3.8) is 0 Å². The summed E-state index contributed by atoms with van der Waals surface area (Å²) in [5.41, 5.74) is 1.75. The van der Waals surface area contributed by atoms with E-state index < -0.39 is 27.2 Å². The van der Waals surface area contributed by atoms with Crippen LogP contribution in [0.25, 0.3) is 0 Å². The van der Waals surface area contributed by atoms with Crippen LogP contribution in [0.4, 0.5) is 5.69 Å². The number of rotatable bonds is 4. The van der Waals surface area contributed by atoms with E-state index in [9.17, 15) is 8.42 Å². The molecule has 1 saturated heterocycles. The van der Waals surface area contributed by atoms with Crippen LogP contribution < -0.4 is 5.06 Å².